The quantitative estimate of drug-likeness (QED) is 0.500. The number of likely N-dealkylation sites (tertiary alicyclic amines) is 1. The molecule has 2 atom stereocenters. The number of carbonyl (C=O) groups excluding carboxylic acids is 2. The maximum absolute atomic E-state index is 15.5. The molecule has 2 heterocycles. The number of hydrogen-bond acceptors (Lipinski definition) is 4. The standard InChI is InChI=1S/C29H31FN4O4/c1-18-16-33(27(38)32-25(18)36)17-23(35)34-14-6-11-29(34,26(31)37)24(19-7-4-3-5-8-19)20-9-10-21(22(30)15-20)28(2)12-13-28/h3-5,7-10,15-16,24H,6,11-14,17H2,1-2H3,(H2,31,37)(H,32,36,38)/t24-,29?/m0/s1. The van der Waals surface area contributed by atoms with Crippen molar-refractivity contribution in [3.63, 3.8) is 0 Å². The molecule has 2 aromatic carbocycles. The van der Waals surface area contributed by atoms with Crippen molar-refractivity contribution >= 4 is 11.8 Å². The van der Waals surface area contributed by atoms with Gasteiger partial charge in [0, 0.05) is 24.2 Å². The van der Waals surface area contributed by atoms with E-state index in [1.165, 1.54) is 24.1 Å². The molecule has 3 aromatic rings. The van der Waals surface area contributed by atoms with Gasteiger partial charge in [0.15, 0.2) is 0 Å². The first-order valence-corrected chi connectivity index (χ1v) is 12.8. The van der Waals surface area contributed by atoms with Crippen LogP contribution in [0.25, 0.3) is 0 Å². The number of H-pyrrole nitrogens is 1. The van der Waals surface area contributed by atoms with E-state index in [-0.39, 0.29) is 36.3 Å². The molecular formula is C29H31FN4O4. The summed E-state index contributed by atoms with van der Waals surface area (Å²) in [5, 5.41) is 0. The van der Waals surface area contributed by atoms with Crippen molar-refractivity contribution in [3.8, 4) is 0 Å². The van der Waals surface area contributed by atoms with Gasteiger partial charge in [-0.3, -0.25) is 23.9 Å². The fourth-order valence-electron chi connectivity index (χ4n) is 5.90. The maximum Gasteiger partial charge on any atom is 0.328 e. The van der Waals surface area contributed by atoms with Crippen LogP contribution >= 0.6 is 0 Å². The van der Waals surface area contributed by atoms with Crippen LogP contribution in [0.15, 0.2) is 64.3 Å². The molecule has 1 saturated carbocycles. The minimum absolute atomic E-state index is 0.177. The van der Waals surface area contributed by atoms with Crippen LogP contribution in [0, 0.1) is 12.7 Å². The van der Waals surface area contributed by atoms with Gasteiger partial charge in [-0.05, 0) is 60.8 Å². The third kappa shape index (κ3) is 4.25. The molecule has 2 aliphatic rings. The van der Waals surface area contributed by atoms with Crippen molar-refractivity contribution in [1.82, 2.24) is 14.5 Å². The van der Waals surface area contributed by atoms with E-state index in [9.17, 15) is 19.2 Å². The second-order valence-electron chi connectivity index (χ2n) is 10.8. The van der Waals surface area contributed by atoms with Crippen molar-refractivity contribution < 1.29 is 14.0 Å². The van der Waals surface area contributed by atoms with E-state index < -0.39 is 34.5 Å². The van der Waals surface area contributed by atoms with Crippen LogP contribution in [0.1, 0.15) is 60.8 Å². The molecule has 0 spiro atoms. The number of rotatable bonds is 7. The van der Waals surface area contributed by atoms with Gasteiger partial charge in [-0.1, -0.05) is 49.4 Å². The molecule has 1 aliphatic heterocycles. The van der Waals surface area contributed by atoms with Crippen LogP contribution in [0.2, 0.25) is 0 Å². The zero-order valence-electron chi connectivity index (χ0n) is 21.5. The summed E-state index contributed by atoms with van der Waals surface area (Å²) in [6, 6.07) is 14.3. The maximum atomic E-state index is 15.5. The minimum atomic E-state index is -1.48. The lowest BCUT2D eigenvalue weighted by molar-refractivity contribution is -0.145. The van der Waals surface area contributed by atoms with Crippen molar-refractivity contribution in [2.45, 2.75) is 62.9 Å². The summed E-state index contributed by atoms with van der Waals surface area (Å²) in [5.41, 5.74) is 5.42. The number of hydrogen-bond donors (Lipinski definition) is 2. The number of nitrogens with zero attached hydrogens (tertiary/aromatic N) is 2. The van der Waals surface area contributed by atoms with E-state index in [0.29, 0.717) is 17.5 Å². The van der Waals surface area contributed by atoms with Crippen LogP contribution in [0.4, 0.5) is 4.39 Å². The van der Waals surface area contributed by atoms with Crippen molar-refractivity contribution in [3.05, 3.63) is 104 Å². The van der Waals surface area contributed by atoms with Crippen LogP contribution in [0.5, 0.6) is 0 Å². The summed E-state index contributed by atoms with van der Waals surface area (Å²) >= 11 is 0. The number of halogens is 1. The summed E-state index contributed by atoms with van der Waals surface area (Å²) in [6.07, 6.45) is 3.96. The van der Waals surface area contributed by atoms with E-state index in [2.05, 4.69) is 4.98 Å². The Morgan fingerprint density at radius 3 is 2.42 bits per heavy atom. The summed E-state index contributed by atoms with van der Waals surface area (Å²) in [7, 11) is 0. The van der Waals surface area contributed by atoms with Gasteiger partial charge in [-0.25, -0.2) is 9.18 Å². The van der Waals surface area contributed by atoms with Crippen molar-refractivity contribution in [2.75, 3.05) is 6.54 Å². The molecule has 0 radical (unpaired) electrons. The zero-order valence-corrected chi connectivity index (χ0v) is 21.5. The second-order valence-corrected chi connectivity index (χ2v) is 10.8. The molecule has 8 nitrogen and oxygen atoms in total. The van der Waals surface area contributed by atoms with Gasteiger partial charge in [0.2, 0.25) is 11.8 Å². The second kappa shape index (κ2) is 9.38. The van der Waals surface area contributed by atoms with Crippen LogP contribution in [-0.2, 0) is 21.5 Å². The number of amides is 2. The zero-order chi connectivity index (χ0) is 27.2. The monoisotopic (exact) mass is 518 g/mol. The summed E-state index contributed by atoms with van der Waals surface area (Å²) < 4.78 is 16.6. The molecule has 1 unspecified atom stereocenters. The summed E-state index contributed by atoms with van der Waals surface area (Å²) in [6.45, 7) is 3.44. The van der Waals surface area contributed by atoms with E-state index in [1.807, 2.05) is 43.3 Å². The van der Waals surface area contributed by atoms with Gasteiger partial charge in [-0.2, -0.15) is 0 Å². The molecule has 1 aliphatic carbocycles. The van der Waals surface area contributed by atoms with Gasteiger partial charge < -0.3 is 10.6 Å². The number of aromatic nitrogens is 2. The van der Waals surface area contributed by atoms with E-state index in [0.717, 1.165) is 23.0 Å². The predicted octanol–water partition coefficient (Wildman–Crippen LogP) is 2.71. The average Bonchev–Trinajstić information content (AvgIpc) is 3.46. The van der Waals surface area contributed by atoms with Gasteiger partial charge in [0.25, 0.3) is 5.56 Å². The number of primary amides is 1. The highest BCUT2D eigenvalue weighted by atomic mass is 19.1. The normalized spacial score (nSPS) is 20.8. The number of nitrogens with two attached hydrogens (primary N) is 1. The molecule has 1 saturated heterocycles. The number of nitrogens with one attached hydrogen (secondary N) is 1. The van der Waals surface area contributed by atoms with E-state index in [4.69, 9.17) is 5.73 Å². The molecule has 3 N–H and O–H groups in total. The van der Waals surface area contributed by atoms with Gasteiger partial charge in [0.1, 0.15) is 17.9 Å². The lowest BCUT2D eigenvalue weighted by atomic mass is 9.72. The molecule has 9 heteroatoms. The Kier molecular flexibility index (Phi) is 6.33. The highest BCUT2D eigenvalue weighted by molar-refractivity contribution is 5.93. The van der Waals surface area contributed by atoms with Gasteiger partial charge >= 0.3 is 5.69 Å². The topological polar surface area (TPSA) is 118 Å². The smallest absolute Gasteiger partial charge is 0.328 e. The van der Waals surface area contributed by atoms with Gasteiger partial charge in [0.05, 0.1) is 0 Å². The number of aryl methyl sites for hydroxylation is 1. The highest BCUT2D eigenvalue weighted by Gasteiger charge is 2.55. The molecule has 1 aromatic heterocycles. The fourth-order valence-corrected chi connectivity index (χ4v) is 5.90. The Morgan fingerprint density at radius 2 is 1.79 bits per heavy atom. The highest BCUT2D eigenvalue weighted by Crippen LogP contribution is 2.50. The third-order valence-electron chi connectivity index (χ3n) is 8.23. The largest absolute Gasteiger partial charge is 0.368 e. The SMILES string of the molecule is Cc1cn(CC(=O)N2CCCC2(C(N)=O)[C@@H](c2ccccc2)c2ccc(C3(C)CC3)c(F)c2)c(=O)[nH]c1=O. The molecule has 0 bridgehead atoms. The third-order valence-corrected chi connectivity index (χ3v) is 8.23. The Morgan fingerprint density at radius 1 is 1.08 bits per heavy atom. The predicted molar refractivity (Wildman–Crippen MR) is 140 cm³/mol. The summed E-state index contributed by atoms with van der Waals surface area (Å²) in [4.78, 5) is 54.9. The number of benzene rings is 2. The average molecular weight is 519 g/mol. The van der Waals surface area contributed by atoms with E-state index in [1.54, 1.807) is 6.07 Å². The van der Waals surface area contributed by atoms with Crippen LogP contribution < -0.4 is 17.0 Å². The van der Waals surface area contributed by atoms with Crippen LogP contribution in [0.3, 0.4) is 0 Å². The molecule has 2 fully saturated rings. The lowest BCUT2D eigenvalue weighted by Crippen LogP contribution is -2.60. The first-order valence-electron chi connectivity index (χ1n) is 12.8. The molecule has 5 rings (SSSR count). The fraction of sp³-hybridized carbons (Fsp3) is 0.379. The Bertz CT molecular complexity index is 1530. The van der Waals surface area contributed by atoms with Crippen LogP contribution in [-0.4, -0.2) is 38.3 Å². The van der Waals surface area contributed by atoms with Crippen molar-refractivity contribution in [2.24, 2.45) is 5.73 Å². The molecule has 198 valence electrons. The number of aromatic amines is 1. The first kappa shape index (κ1) is 25.6. The van der Waals surface area contributed by atoms with Gasteiger partial charge in [-0.15, -0.1) is 0 Å². The molecule has 2 amide bonds. The summed E-state index contributed by atoms with van der Waals surface area (Å²) in [5.74, 6) is -2.24. The number of carbonyl (C=O) groups is 2. The Hall–Kier alpha value is -4.01. The molecule has 38 heavy (non-hydrogen) atoms. The molecular weight excluding hydrogens is 487 g/mol. The Balaban J connectivity index is 1.61. The minimum Gasteiger partial charge on any atom is -0.368 e. The Labute approximate surface area is 219 Å². The van der Waals surface area contributed by atoms with E-state index >= 15 is 4.39 Å². The van der Waals surface area contributed by atoms with Crippen molar-refractivity contribution in [1.29, 1.82) is 0 Å². The lowest BCUT2D eigenvalue weighted by Gasteiger charge is -2.42. The first-order chi connectivity index (χ1) is 18.1.